The van der Waals surface area contributed by atoms with Gasteiger partial charge in [0.25, 0.3) is 0 Å². The van der Waals surface area contributed by atoms with Crippen molar-refractivity contribution in [1.82, 2.24) is 9.97 Å². The lowest BCUT2D eigenvalue weighted by Crippen LogP contribution is -2.36. The van der Waals surface area contributed by atoms with E-state index in [9.17, 15) is 14.7 Å². The molecular formula is C31H36ClN3O4. The van der Waals surface area contributed by atoms with E-state index in [1.807, 2.05) is 52.0 Å². The van der Waals surface area contributed by atoms with Crippen molar-refractivity contribution in [2.45, 2.75) is 71.6 Å². The first kappa shape index (κ1) is 29.8. The van der Waals surface area contributed by atoms with Gasteiger partial charge in [-0.3, -0.25) is 9.59 Å². The van der Waals surface area contributed by atoms with Crippen molar-refractivity contribution < 1.29 is 19.8 Å². The molecule has 1 atom stereocenters. The molecule has 0 bridgehead atoms. The zero-order chi connectivity index (χ0) is 29.1. The quantitative estimate of drug-likeness (QED) is 0.246. The number of aliphatic carboxylic acids is 1. The number of carboxylic acids is 1. The molecule has 0 saturated heterocycles. The molecule has 0 saturated carbocycles. The number of ketones is 1. The molecule has 3 rings (SSSR count). The van der Waals surface area contributed by atoms with E-state index in [4.69, 9.17) is 27.4 Å². The van der Waals surface area contributed by atoms with Crippen molar-refractivity contribution in [2.75, 3.05) is 5.73 Å². The lowest BCUT2D eigenvalue weighted by molar-refractivity contribution is -0.137. The van der Waals surface area contributed by atoms with Crippen LogP contribution in [-0.4, -0.2) is 31.9 Å². The molecule has 7 nitrogen and oxygen atoms in total. The first-order valence-electron chi connectivity index (χ1n) is 13.0. The topological polar surface area (TPSA) is 126 Å². The summed E-state index contributed by atoms with van der Waals surface area (Å²) in [5.74, 6) is -0.378. The molecule has 0 unspecified atom stereocenters. The fourth-order valence-corrected chi connectivity index (χ4v) is 5.13. The van der Waals surface area contributed by atoms with Gasteiger partial charge in [0, 0.05) is 29.7 Å². The predicted molar refractivity (Wildman–Crippen MR) is 155 cm³/mol. The second kappa shape index (κ2) is 12.0. The molecule has 0 aliphatic heterocycles. The maximum absolute atomic E-state index is 13.7. The zero-order valence-corrected chi connectivity index (χ0v) is 23.9. The number of phenols is 1. The molecule has 0 aliphatic carbocycles. The summed E-state index contributed by atoms with van der Waals surface area (Å²) in [7, 11) is 0. The van der Waals surface area contributed by atoms with Crippen molar-refractivity contribution in [2.24, 2.45) is 0 Å². The number of aryl methyl sites for hydroxylation is 2. The molecule has 206 valence electrons. The molecule has 0 amide bonds. The number of aromatic nitrogens is 2. The van der Waals surface area contributed by atoms with E-state index in [0.717, 1.165) is 16.7 Å². The van der Waals surface area contributed by atoms with Gasteiger partial charge in [-0.05, 0) is 67.0 Å². The van der Waals surface area contributed by atoms with Gasteiger partial charge in [0.2, 0.25) is 0 Å². The summed E-state index contributed by atoms with van der Waals surface area (Å²) in [5, 5.41) is 19.5. The standard InChI is InChI=1S/C31H36ClN3O4/c1-7-8-26(37)31(6,21-12-9-20(10-13-21)11-14-27(38)39)28-19(5)34-30(35-29(28)33)18(4)23-16-25(36)24(32)15-22(23)17(2)3/h9-10,12-13,15-17,36H,4,7-8,11,14H2,1-3,5-6H3,(H,38,39)(H2,33,34,35)/t31-/m1/s1. The number of anilines is 1. The van der Waals surface area contributed by atoms with Crippen LogP contribution in [0.4, 0.5) is 5.82 Å². The molecule has 3 aromatic rings. The number of nitrogens with zero attached hydrogens (tertiary/aromatic N) is 2. The Kier molecular flexibility index (Phi) is 9.18. The van der Waals surface area contributed by atoms with Gasteiger partial charge in [0.05, 0.1) is 10.4 Å². The molecule has 8 heteroatoms. The maximum atomic E-state index is 13.7. The van der Waals surface area contributed by atoms with Gasteiger partial charge >= 0.3 is 5.97 Å². The molecule has 0 aliphatic rings. The summed E-state index contributed by atoms with van der Waals surface area (Å²) < 4.78 is 0. The van der Waals surface area contributed by atoms with Crippen molar-refractivity contribution in [3.63, 3.8) is 0 Å². The number of carbonyl (C=O) groups excluding carboxylic acids is 1. The van der Waals surface area contributed by atoms with Gasteiger partial charge in [-0.25, -0.2) is 9.97 Å². The Morgan fingerprint density at radius 2 is 1.77 bits per heavy atom. The number of carboxylic acid groups (broad SMARTS) is 1. The van der Waals surface area contributed by atoms with E-state index < -0.39 is 11.4 Å². The number of nitrogen functional groups attached to an aromatic ring is 1. The second-order valence-electron chi connectivity index (χ2n) is 10.3. The van der Waals surface area contributed by atoms with Crippen LogP contribution in [0.2, 0.25) is 5.02 Å². The normalized spacial score (nSPS) is 12.8. The van der Waals surface area contributed by atoms with E-state index in [0.29, 0.717) is 47.5 Å². The number of Topliss-reactive ketones (excluding diaryl/α,β-unsaturated/α-hetero) is 1. The number of hydrogen-bond acceptors (Lipinski definition) is 6. The Balaban J connectivity index is 2.13. The van der Waals surface area contributed by atoms with Crippen LogP contribution >= 0.6 is 11.6 Å². The highest BCUT2D eigenvalue weighted by Crippen LogP contribution is 2.40. The Labute approximate surface area is 234 Å². The minimum Gasteiger partial charge on any atom is -0.506 e. The highest BCUT2D eigenvalue weighted by Gasteiger charge is 2.40. The fraction of sp³-hybridized carbons (Fsp3) is 0.355. The number of rotatable bonds is 11. The average Bonchev–Trinajstić information content (AvgIpc) is 2.88. The van der Waals surface area contributed by atoms with Crippen LogP contribution in [-0.2, 0) is 21.4 Å². The number of phenolic OH excluding ortho intramolecular Hbond substituents is 1. The molecule has 1 aromatic heterocycles. The number of carbonyl (C=O) groups is 2. The van der Waals surface area contributed by atoms with Gasteiger partial charge in [0.1, 0.15) is 17.4 Å². The molecule has 39 heavy (non-hydrogen) atoms. The Morgan fingerprint density at radius 3 is 2.31 bits per heavy atom. The van der Waals surface area contributed by atoms with Crippen LogP contribution in [0.5, 0.6) is 5.75 Å². The van der Waals surface area contributed by atoms with Gasteiger partial charge < -0.3 is 15.9 Å². The molecule has 0 radical (unpaired) electrons. The summed E-state index contributed by atoms with van der Waals surface area (Å²) in [6, 6.07) is 10.7. The molecule has 4 N–H and O–H groups in total. The van der Waals surface area contributed by atoms with Crippen LogP contribution in [0.3, 0.4) is 0 Å². The highest BCUT2D eigenvalue weighted by atomic mass is 35.5. The SMILES string of the molecule is C=C(c1nc(C)c([C@@](C)(C(=O)CCC)c2ccc(CCC(=O)O)cc2)c(N)n1)c1cc(O)c(Cl)cc1C(C)C. The van der Waals surface area contributed by atoms with E-state index >= 15 is 0 Å². The van der Waals surface area contributed by atoms with Crippen molar-refractivity contribution in [1.29, 1.82) is 0 Å². The number of nitrogens with two attached hydrogens (primary N) is 1. The number of aromatic hydroxyl groups is 1. The minimum atomic E-state index is -1.11. The van der Waals surface area contributed by atoms with Crippen LogP contribution in [0.1, 0.15) is 92.2 Å². The fourth-order valence-electron chi connectivity index (χ4n) is 4.96. The van der Waals surface area contributed by atoms with Crippen LogP contribution in [0.25, 0.3) is 5.57 Å². The smallest absolute Gasteiger partial charge is 0.303 e. The monoisotopic (exact) mass is 549 g/mol. The third kappa shape index (κ3) is 6.14. The van der Waals surface area contributed by atoms with Crippen LogP contribution < -0.4 is 5.73 Å². The second-order valence-corrected chi connectivity index (χ2v) is 10.7. The molecule has 2 aromatic carbocycles. The summed E-state index contributed by atoms with van der Waals surface area (Å²) >= 11 is 6.17. The van der Waals surface area contributed by atoms with Crippen molar-refractivity contribution in [3.05, 3.63) is 87.3 Å². The summed E-state index contributed by atoms with van der Waals surface area (Å²) in [4.78, 5) is 34.0. The molecule has 0 fully saturated rings. The summed E-state index contributed by atoms with van der Waals surface area (Å²) in [5.41, 5.74) is 10.2. The highest BCUT2D eigenvalue weighted by molar-refractivity contribution is 6.32. The number of benzene rings is 2. The van der Waals surface area contributed by atoms with E-state index in [1.54, 1.807) is 19.1 Å². The Hall–Kier alpha value is -3.71. The Morgan fingerprint density at radius 1 is 1.13 bits per heavy atom. The first-order valence-corrected chi connectivity index (χ1v) is 13.4. The van der Waals surface area contributed by atoms with E-state index in [1.165, 1.54) is 0 Å². The van der Waals surface area contributed by atoms with Crippen molar-refractivity contribution in [3.8, 4) is 5.75 Å². The van der Waals surface area contributed by atoms with Gasteiger partial charge in [-0.1, -0.05) is 63.2 Å². The summed E-state index contributed by atoms with van der Waals surface area (Å²) in [6.45, 7) is 13.8. The van der Waals surface area contributed by atoms with Crippen LogP contribution in [0.15, 0.2) is 43.0 Å². The third-order valence-electron chi connectivity index (χ3n) is 7.15. The first-order chi connectivity index (χ1) is 18.3. The van der Waals surface area contributed by atoms with Gasteiger partial charge in [-0.2, -0.15) is 0 Å². The zero-order valence-electron chi connectivity index (χ0n) is 23.1. The van der Waals surface area contributed by atoms with E-state index in [-0.39, 0.29) is 34.7 Å². The van der Waals surface area contributed by atoms with Gasteiger partial charge in [-0.15, -0.1) is 0 Å². The minimum absolute atomic E-state index is 0.0158. The van der Waals surface area contributed by atoms with Crippen molar-refractivity contribution >= 4 is 34.7 Å². The third-order valence-corrected chi connectivity index (χ3v) is 7.45. The largest absolute Gasteiger partial charge is 0.506 e. The lowest BCUT2D eigenvalue weighted by atomic mass is 9.71. The lowest BCUT2D eigenvalue weighted by Gasteiger charge is -2.31. The molecule has 0 spiro atoms. The molecule has 1 heterocycles. The average molecular weight is 550 g/mol. The van der Waals surface area contributed by atoms with E-state index in [2.05, 4.69) is 11.6 Å². The molecular weight excluding hydrogens is 514 g/mol. The maximum Gasteiger partial charge on any atom is 0.303 e. The van der Waals surface area contributed by atoms with Gasteiger partial charge in [0.15, 0.2) is 5.82 Å². The van der Waals surface area contributed by atoms with Crippen LogP contribution in [0, 0.1) is 6.92 Å². The summed E-state index contributed by atoms with van der Waals surface area (Å²) in [6.07, 6.45) is 1.43. The Bertz CT molecular complexity index is 1390. The number of hydrogen-bond donors (Lipinski definition) is 3. The predicted octanol–water partition coefficient (Wildman–Crippen LogP) is 6.60. The number of halogens is 1.